The van der Waals surface area contributed by atoms with Gasteiger partial charge in [0.2, 0.25) is 5.91 Å². The average Bonchev–Trinajstić information content (AvgIpc) is 2.73. The number of rotatable bonds is 4. The van der Waals surface area contributed by atoms with Crippen molar-refractivity contribution in [2.24, 2.45) is 5.92 Å². The van der Waals surface area contributed by atoms with Crippen molar-refractivity contribution in [1.29, 1.82) is 0 Å². The van der Waals surface area contributed by atoms with E-state index in [1.54, 1.807) is 6.92 Å². The molecule has 96 valence electrons. The molecule has 17 heavy (non-hydrogen) atoms. The predicted octanol–water partition coefficient (Wildman–Crippen LogP) is 0.261. The van der Waals surface area contributed by atoms with Gasteiger partial charge >= 0.3 is 11.9 Å². The van der Waals surface area contributed by atoms with Gasteiger partial charge in [0, 0.05) is 13.5 Å². The Morgan fingerprint density at radius 1 is 1.47 bits per heavy atom. The minimum atomic E-state index is -0.976. The van der Waals surface area contributed by atoms with E-state index in [9.17, 15) is 14.4 Å². The van der Waals surface area contributed by atoms with Crippen molar-refractivity contribution >= 4 is 17.8 Å². The second-order valence-electron chi connectivity index (χ2n) is 4.23. The number of hydrogen-bond donors (Lipinski definition) is 1. The molecule has 0 aromatic heterocycles. The Labute approximate surface area is 99.5 Å². The molecule has 0 unspecified atom stereocenters. The number of nitrogens with zero attached hydrogens (tertiary/aromatic N) is 1. The van der Waals surface area contributed by atoms with Crippen LogP contribution in [0.3, 0.4) is 0 Å². The monoisotopic (exact) mass is 243 g/mol. The molecule has 1 aliphatic rings. The first kappa shape index (κ1) is 13.5. The lowest BCUT2D eigenvalue weighted by molar-refractivity contribution is -0.152. The van der Waals surface area contributed by atoms with Gasteiger partial charge in [0.1, 0.15) is 12.6 Å². The van der Waals surface area contributed by atoms with E-state index in [2.05, 4.69) is 0 Å². The summed E-state index contributed by atoms with van der Waals surface area (Å²) in [7, 11) is 0. The molecule has 1 aliphatic heterocycles. The average molecular weight is 243 g/mol. The highest BCUT2D eigenvalue weighted by Gasteiger charge is 2.35. The molecular weight excluding hydrogens is 226 g/mol. The van der Waals surface area contributed by atoms with Crippen molar-refractivity contribution in [3.05, 3.63) is 0 Å². The van der Waals surface area contributed by atoms with Crippen LogP contribution in [-0.2, 0) is 19.1 Å². The third-order valence-electron chi connectivity index (χ3n) is 2.78. The lowest BCUT2D eigenvalue weighted by Crippen LogP contribution is -2.43. The number of carboxylic acids is 1. The van der Waals surface area contributed by atoms with Gasteiger partial charge in [-0.3, -0.25) is 9.59 Å². The van der Waals surface area contributed by atoms with E-state index < -0.39 is 23.9 Å². The van der Waals surface area contributed by atoms with E-state index in [4.69, 9.17) is 9.84 Å². The quantitative estimate of drug-likeness (QED) is 0.716. The highest BCUT2D eigenvalue weighted by Crippen LogP contribution is 2.20. The van der Waals surface area contributed by atoms with Crippen molar-refractivity contribution in [3.8, 4) is 0 Å². The molecule has 1 heterocycles. The van der Waals surface area contributed by atoms with Crippen LogP contribution in [0.2, 0.25) is 0 Å². The Bertz CT molecular complexity index is 328. The summed E-state index contributed by atoms with van der Waals surface area (Å²) in [6, 6.07) is -0.734. The van der Waals surface area contributed by atoms with Crippen LogP contribution in [0.25, 0.3) is 0 Å². The highest BCUT2D eigenvalue weighted by atomic mass is 16.5. The first-order valence-corrected chi connectivity index (χ1v) is 5.60. The zero-order valence-corrected chi connectivity index (χ0v) is 10.0. The summed E-state index contributed by atoms with van der Waals surface area (Å²) in [5.74, 6) is -2.19. The number of aliphatic carboxylic acids is 1. The number of likely N-dealkylation sites (tertiary alicyclic amines) is 1. The maximum absolute atomic E-state index is 11.9. The largest absolute Gasteiger partial charge is 0.480 e. The molecule has 1 amide bonds. The lowest BCUT2D eigenvalue weighted by Gasteiger charge is -2.24. The summed E-state index contributed by atoms with van der Waals surface area (Å²) >= 11 is 0. The van der Waals surface area contributed by atoms with Gasteiger partial charge in [-0.15, -0.1) is 0 Å². The van der Waals surface area contributed by atoms with E-state index in [0.29, 0.717) is 19.4 Å². The zero-order chi connectivity index (χ0) is 13.0. The van der Waals surface area contributed by atoms with Gasteiger partial charge in [0.05, 0.1) is 5.92 Å². The maximum Gasteiger partial charge on any atom is 0.326 e. The number of carboxylic acid groups (broad SMARTS) is 1. The molecule has 0 radical (unpaired) electrons. The number of amides is 1. The van der Waals surface area contributed by atoms with E-state index in [1.165, 1.54) is 11.8 Å². The normalized spacial score (nSPS) is 21.1. The Balaban J connectivity index is 2.56. The molecule has 1 N–H and O–H groups in total. The molecule has 0 aromatic carbocycles. The van der Waals surface area contributed by atoms with E-state index in [0.717, 1.165) is 0 Å². The van der Waals surface area contributed by atoms with Gasteiger partial charge in [-0.2, -0.15) is 0 Å². The topological polar surface area (TPSA) is 83.9 Å². The van der Waals surface area contributed by atoms with Gasteiger partial charge < -0.3 is 14.7 Å². The van der Waals surface area contributed by atoms with E-state index in [1.807, 2.05) is 0 Å². The third-order valence-corrected chi connectivity index (χ3v) is 2.78. The molecule has 0 saturated carbocycles. The Kier molecular flexibility index (Phi) is 4.48. The molecule has 6 nitrogen and oxygen atoms in total. The van der Waals surface area contributed by atoms with Crippen LogP contribution in [0.4, 0.5) is 0 Å². The van der Waals surface area contributed by atoms with Crippen molar-refractivity contribution in [1.82, 2.24) is 4.90 Å². The minimum Gasteiger partial charge on any atom is -0.480 e. The molecule has 1 fully saturated rings. The molecular formula is C11H17NO5. The number of carbonyl (C=O) groups excluding carboxylic acids is 2. The predicted molar refractivity (Wildman–Crippen MR) is 58.2 cm³/mol. The minimum absolute atomic E-state index is 0.00297. The maximum atomic E-state index is 11.9. The molecule has 2 atom stereocenters. The van der Waals surface area contributed by atoms with Crippen LogP contribution in [0.5, 0.6) is 0 Å². The fourth-order valence-corrected chi connectivity index (χ4v) is 1.88. The first-order valence-electron chi connectivity index (χ1n) is 5.60. The molecule has 1 saturated heterocycles. The Hall–Kier alpha value is -1.59. The zero-order valence-electron chi connectivity index (χ0n) is 10.0. The van der Waals surface area contributed by atoms with Gasteiger partial charge in [-0.05, 0) is 12.8 Å². The van der Waals surface area contributed by atoms with Crippen molar-refractivity contribution in [2.45, 2.75) is 32.7 Å². The fraction of sp³-hybridized carbons (Fsp3) is 0.727. The van der Waals surface area contributed by atoms with Crippen LogP contribution in [0.1, 0.15) is 26.7 Å². The van der Waals surface area contributed by atoms with Crippen molar-refractivity contribution in [2.75, 3.05) is 13.2 Å². The van der Waals surface area contributed by atoms with Gasteiger partial charge in [0.15, 0.2) is 0 Å². The van der Waals surface area contributed by atoms with Gasteiger partial charge in [0.25, 0.3) is 0 Å². The second kappa shape index (κ2) is 5.65. The summed E-state index contributed by atoms with van der Waals surface area (Å²) in [6.07, 6.45) is 1.18. The second-order valence-corrected chi connectivity index (χ2v) is 4.23. The summed E-state index contributed by atoms with van der Waals surface area (Å²) < 4.78 is 4.75. The van der Waals surface area contributed by atoms with Crippen LogP contribution in [0, 0.1) is 5.92 Å². The fourth-order valence-electron chi connectivity index (χ4n) is 1.88. The molecule has 1 rings (SSSR count). The van der Waals surface area contributed by atoms with Gasteiger partial charge in [-0.1, -0.05) is 6.92 Å². The first-order chi connectivity index (χ1) is 7.93. The Morgan fingerprint density at radius 2 is 2.12 bits per heavy atom. The van der Waals surface area contributed by atoms with Crippen LogP contribution in [-0.4, -0.2) is 47.0 Å². The van der Waals surface area contributed by atoms with Gasteiger partial charge in [-0.25, -0.2) is 4.79 Å². The molecule has 6 heteroatoms. The summed E-state index contributed by atoms with van der Waals surface area (Å²) in [5, 5.41) is 8.95. The number of ether oxygens (including phenoxy) is 1. The molecule has 0 bridgehead atoms. The van der Waals surface area contributed by atoms with Crippen LogP contribution in [0.15, 0.2) is 0 Å². The van der Waals surface area contributed by atoms with Crippen LogP contribution < -0.4 is 0 Å². The number of hydrogen-bond acceptors (Lipinski definition) is 4. The molecule has 0 aliphatic carbocycles. The standard InChI is InChI=1S/C11H17NO5/c1-7(6-17-8(2)13)10(14)12-5-3-4-9(12)11(15)16/h7,9H,3-6H2,1-2H3,(H,15,16)/t7-,9-/m0/s1. The summed E-state index contributed by atoms with van der Waals surface area (Å²) in [4.78, 5) is 34.9. The highest BCUT2D eigenvalue weighted by molar-refractivity contribution is 5.85. The van der Waals surface area contributed by atoms with Crippen molar-refractivity contribution < 1.29 is 24.2 Å². The van der Waals surface area contributed by atoms with Crippen molar-refractivity contribution in [3.63, 3.8) is 0 Å². The lowest BCUT2D eigenvalue weighted by atomic mass is 10.1. The number of esters is 1. The SMILES string of the molecule is CC(=O)OC[C@H](C)C(=O)N1CCC[C@H]1C(=O)O. The van der Waals surface area contributed by atoms with Crippen LogP contribution >= 0.6 is 0 Å². The number of carbonyl (C=O) groups is 3. The third kappa shape index (κ3) is 3.44. The summed E-state index contributed by atoms with van der Waals surface area (Å²) in [5.41, 5.74) is 0. The van der Waals surface area contributed by atoms with E-state index in [-0.39, 0.29) is 12.5 Å². The summed E-state index contributed by atoms with van der Waals surface area (Å²) in [6.45, 7) is 3.35. The molecule has 0 spiro atoms. The smallest absolute Gasteiger partial charge is 0.326 e. The molecule has 0 aromatic rings. The Morgan fingerprint density at radius 3 is 2.65 bits per heavy atom. The van der Waals surface area contributed by atoms with E-state index >= 15 is 0 Å².